The van der Waals surface area contributed by atoms with Gasteiger partial charge in [0.25, 0.3) is 0 Å². The second-order valence-corrected chi connectivity index (χ2v) is 4.44. The molecule has 6 nitrogen and oxygen atoms in total. The molecule has 0 aliphatic rings. The van der Waals surface area contributed by atoms with E-state index in [1.54, 1.807) is 9.58 Å². The lowest BCUT2D eigenvalue weighted by molar-refractivity contribution is 0.505. The Morgan fingerprint density at radius 2 is 1.47 bits per heavy atom. The third-order valence-electron chi connectivity index (χ3n) is 3.10. The molecule has 19 heavy (non-hydrogen) atoms. The average molecular weight is 250 g/mol. The van der Waals surface area contributed by atoms with Crippen molar-refractivity contribution in [2.45, 2.75) is 6.92 Å². The van der Waals surface area contributed by atoms with Crippen LogP contribution in [0, 0.1) is 6.92 Å². The standard InChI is InChI=1S/C13H10N6/c1-9-6-7-13-11(8-9)15-17-19(13)18-12-5-3-2-4-10(12)14-16-18/h2-8H,1H3. The summed E-state index contributed by atoms with van der Waals surface area (Å²) in [7, 11) is 0. The van der Waals surface area contributed by atoms with Gasteiger partial charge in [-0.05, 0) is 47.2 Å². The number of fused-ring (bicyclic) bond motifs is 2. The fourth-order valence-corrected chi connectivity index (χ4v) is 2.16. The number of aromatic nitrogens is 6. The van der Waals surface area contributed by atoms with Gasteiger partial charge in [-0.2, -0.15) is 0 Å². The van der Waals surface area contributed by atoms with Gasteiger partial charge >= 0.3 is 0 Å². The van der Waals surface area contributed by atoms with Crippen molar-refractivity contribution in [2.75, 3.05) is 0 Å². The van der Waals surface area contributed by atoms with Gasteiger partial charge in [-0.1, -0.05) is 18.2 Å². The molecule has 0 N–H and O–H groups in total. The van der Waals surface area contributed by atoms with Crippen molar-refractivity contribution in [3.05, 3.63) is 48.0 Å². The molecule has 0 bridgehead atoms. The lowest BCUT2D eigenvalue weighted by Gasteiger charge is -2.01. The Kier molecular flexibility index (Phi) is 1.94. The Morgan fingerprint density at radius 3 is 2.32 bits per heavy atom. The van der Waals surface area contributed by atoms with Gasteiger partial charge in [-0.15, -0.1) is 19.8 Å². The highest BCUT2D eigenvalue weighted by molar-refractivity contribution is 5.77. The molecule has 0 saturated carbocycles. The van der Waals surface area contributed by atoms with Crippen LogP contribution in [0.3, 0.4) is 0 Å². The van der Waals surface area contributed by atoms with E-state index in [4.69, 9.17) is 0 Å². The summed E-state index contributed by atoms with van der Waals surface area (Å²) in [5, 5.41) is 16.6. The van der Waals surface area contributed by atoms with Crippen molar-refractivity contribution in [3.63, 3.8) is 0 Å². The van der Waals surface area contributed by atoms with E-state index in [1.807, 2.05) is 49.4 Å². The monoisotopic (exact) mass is 250 g/mol. The average Bonchev–Trinajstić information content (AvgIpc) is 3.01. The van der Waals surface area contributed by atoms with Gasteiger partial charge in [0.15, 0.2) is 0 Å². The Hall–Kier alpha value is -2.76. The molecule has 2 aromatic heterocycles. The van der Waals surface area contributed by atoms with Gasteiger partial charge < -0.3 is 0 Å². The molecule has 0 aliphatic heterocycles. The summed E-state index contributed by atoms with van der Waals surface area (Å²) in [6.07, 6.45) is 0. The molecule has 0 saturated heterocycles. The zero-order chi connectivity index (χ0) is 12.8. The van der Waals surface area contributed by atoms with Crippen molar-refractivity contribution in [1.29, 1.82) is 0 Å². The Labute approximate surface area is 108 Å². The summed E-state index contributed by atoms with van der Waals surface area (Å²) < 4.78 is 0. The minimum Gasteiger partial charge on any atom is -0.128 e. The fourth-order valence-electron chi connectivity index (χ4n) is 2.16. The lowest BCUT2D eigenvalue weighted by Crippen LogP contribution is -2.12. The van der Waals surface area contributed by atoms with E-state index in [1.165, 1.54) is 0 Å². The normalized spacial score (nSPS) is 11.4. The van der Waals surface area contributed by atoms with Crippen LogP contribution in [0.1, 0.15) is 5.56 Å². The number of benzene rings is 2. The quantitative estimate of drug-likeness (QED) is 0.516. The number of hydrogen-bond acceptors (Lipinski definition) is 4. The second kappa shape index (κ2) is 3.61. The third kappa shape index (κ3) is 1.43. The van der Waals surface area contributed by atoms with Gasteiger partial charge in [0.1, 0.15) is 22.1 Å². The number of para-hydroxylation sites is 1. The van der Waals surface area contributed by atoms with Crippen LogP contribution >= 0.6 is 0 Å². The van der Waals surface area contributed by atoms with E-state index >= 15 is 0 Å². The van der Waals surface area contributed by atoms with Gasteiger partial charge in [0, 0.05) is 0 Å². The predicted molar refractivity (Wildman–Crippen MR) is 70.6 cm³/mol. The SMILES string of the molecule is Cc1ccc2c(c1)nnn2-n1nnc2ccccc21. The first-order valence-corrected chi connectivity index (χ1v) is 5.96. The topological polar surface area (TPSA) is 61.4 Å². The summed E-state index contributed by atoms with van der Waals surface area (Å²) in [4.78, 5) is 3.31. The van der Waals surface area contributed by atoms with Crippen LogP contribution in [0.2, 0.25) is 0 Å². The molecule has 0 spiro atoms. The zero-order valence-corrected chi connectivity index (χ0v) is 10.2. The number of hydrogen-bond donors (Lipinski definition) is 0. The molecule has 0 fully saturated rings. The molecular formula is C13H10N6. The summed E-state index contributed by atoms with van der Waals surface area (Å²) in [6.45, 7) is 2.03. The first-order valence-electron chi connectivity index (χ1n) is 5.96. The lowest BCUT2D eigenvalue weighted by atomic mass is 10.2. The minimum atomic E-state index is 0.832. The highest BCUT2D eigenvalue weighted by atomic mass is 15.8. The molecule has 0 radical (unpaired) electrons. The number of rotatable bonds is 1. The first-order chi connectivity index (χ1) is 9.33. The molecule has 2 heterocycles. The van der Waals surface area contributed by atoms with Crippen molar-refractivity contribution in [3.8, 4) is 0 Å². The molecule has 0 aliphatic carbocycles. The minimum absolute atomic E-state index is 0.832. The summed E-state index contributed by atoms with van der Waals surface area (Å²) in [6, 6.07) is 13.8. The summed E-state index contributed by atoms with van der Waals surface area (Å²) in [5.41, 5.74) is 4.64. The Bertz CT molecular complexity index is 888. The molecule has 6 heteroatoms. The van der Waals surface area contributed by atoms with E-state index in [2.05, 4.69) is 20.6 Å². The van der Waals surface area contributed by atoms with Crippen molar-refractivity contribution >= 4 is 22.1 Å². The van der Waals surface area contributed by atoms with Gasteiger partial charge in [0.05, 0.1) is 0 Å². The van der Waals surface area contributed by atoms with Crippen LogP contribution in [0.15, 0.2) is 42.5 Å². The molecule has 0 amide bonds. The van der Waals surface area contributed by atoms with E-state index in [0.29, 0.717) is 0 Å². The largest absolute Gasteiger partial charge is 0.128 e. The van der Waals surface area contributed by atoms with Crippen LogP contribution in [-0.2, 0) is 0 Å². The van der Waals surface area contributed by atoms with E-state index in [9.17, 15) is 0 Å². The second-order valence-electron chi connectivity index (χ2n) is 4.44. The van der Waals surface area contributed by atoms with E-state index < -0.39 is 0 Å². The van der Waals surface area contributed by atoms with Gasteiger partial charge in [-0.3, -0.25) is 0 Å². The zero-order valence-electron chi connectivity index (χ0n) is 10.2. The van der Waals surface area contributed by atoms with E-state index in [0.717, 1.165) is 27.6 Å². The maximum absolute atomic E-state index is 4.17. The molecule has 92 valence electrons. The van der Waals surface area contributed by atoms with Crippen molar-refractivity contribution in [2.24, 2.45) is 0 Å². The Morgan fingerprint density at radius 1 is 0.789 bits per heavy atom. The molecule has 0 atom stereocenters. The fraction of sp³-hybridized carbons (Fsp3) is 0.0769. The highest BCUT2D eigenvalue weighted by Gasteiger charge is 2.10. The molecule has 2 aromatic carbocycles. The first kappa shape index (κ1) is 10.2. The predicted octanol–water partition coefficient (Wildman–Crippen LogP) is 1.80. The number of nitrogens with zero attached hydrogens (tertiary/aromatic N) is 6. The van der Waals surface area contributed by atoms with Crippen LogP contribution < -0.4 is 0 Å². The van der Waals surface area contributed by atoms with Gasteiger partial charge in [-0.25, -0.2) is 0 Å². The maximum Gasteiger partial charge on any atom is 0.115 e. The smallest absolute Gasteiger partial charge is 0.115 e. The third-order valence-corrected chi connectivity index (χ3v) is 3.10. The summed E-state index contributed by atoms with van der Waals surface area (Å²) in [5.74, 6) is 0. The van der Waals surface area contributed by atoms with Crippen LogP contribution in [0.5, 0.6) is 0 Å². The van der Waals surface area contributed by atoms with E-state index in [-0.39, 0.29) is 0 Å². The molecule has 4 rings (SSSR count). The van der Waals surface area contributed by atoms with Crippen LogP contribution in [0.4, 0.5) is 0 Å². The molecule has 4 aromatic rings. The van der Waals surface area contributed by atoms with Crippen molar-refractivity contribution in [1.82, 2.24) is 30.2 Å². The Balaban J connectivity index is 2.04. The molecular weight excluding hydrogens is 240 g/mol. The highest BCUT2D eigenvalue weighted by Crippen LogP contribution is 2.15. The summed E-state index contributed by atoms with van der Waals surface area (Å²) >= 11 is 0. The van der Waals surface area contributed by atoms with Gasteiger partial charge in [0.2, 0.25) is 0 Å². The number of aryl methyl sites for hydroxylation is 1. The maximum atomic E-state index is 4.17. The van der Waals surface area contributed by atoms with Crippen LogP contribution in [0.25, 0.3) is 22.1 Å². The molecule has 0 unspecified atom stereocenters. The van der Waals surface area contributed by atoms with Crippen LogP contribution in [-0.4, -0.2) is 30.2 Å². The van der Waals surface area contributed by atoms with Crippen molar-refractivity contribution < 1.29 is 0 Å².